The normalized spacial score (nSPS) is 18.2. The van der Waals surface area contributed by atoms with E-state index in [1.807, 2.05) is 20.8 Å². The molecule has 3 nitrogen and oxygen atoms in total. The Hall–Kier alpha value is -0.980. The zero-order valence-electron chi connectivity index (χ0n) is 13.6. The predicted octanol–water partition coefficient (Wildman–Crippen LogP) is 3.79. The lowest BCUT2D eigenvalue weighted by Gasteiger charge is -2.36. The van der Waals surface area contributed by atoms with E-state index in [1.54, 1.807) is 12.1 Å². The zero-order chi connectivity index (χ0) is 16.4. The number of halogens is 4. The van der Waals surface area contributed by atoms with Gasteiger partial charge in [0.05, 0.1) is 0 Å². The highest BCUT2D eigenvalue weighted by atomic mass is 35.5. The van der Waals surface area contributed by atoms with Crippen LogP contribution in [0.15, 0.2) is 24.3 Å². The molecule has 1 aromatic carbocycles. The third kappa shape index (κ3) is 5.86. The maximum Gasteiger partial charge on any atom is 0.408 e. The van der Waals surface area contributed by atoms with Gasteiger partial charge in [0.2, 0.25) is 0 Å². The number of hydrogen-bond donors (Lipinski definition) is 1. The molecule has 0 saturated carbocycles. The molecule has 1 aliphatic heterocycles. The van der Waals surface area contributed by atoms with Gasteiger partial charge in [0.15, 0.2) is 0 Å². The van der Waals surface area contributed by atoms with E-state index >= 15 is 0 Å². The summed E-state index contributed by atoms with van der Waals surface area (Å²) in [6.07, 6.45) is -4.29. The molecule has 0 bridgehead atoms. The van der Waals surface area contributed by atoms with E-state index in [-0.39, 0.29) is 23.6 Å². The summed E-state index contributed by atoms with van der Waals surface area (Å²) in [5.41, 5.74) is -0.112. The van der Waals surface area contributed by atoms with Crippen LogP contribution in [0, 0.1) is 0 Å². The molecule has 1 fully saturated rings. The SMILES string of the molecule is CC(C)(C)Oc1ccc([C@H](N2CCNCC2)C(F)(F)F)cc1.Cl. The molecule has 1 saturated heterocycles. The van der Waals surface area contributed by atoms with Crippen molar-refractivity contribution in [2.45, 2.75) is 38.6 Å². The van der Waals surface area contributed by atoms with Crippen molar-refractivity contribution in [3.8, 4) is 5.75 Å². The van der Waals surface area contributed by atoms with Gasteiger partial charge in [-0.15, -0.1) is 12.4 Å². The Morgan fingerprint density at radius 3 is 2.00 bits per heavy atom. The molecule has 0 aliphatic carbocycles. The van der Waals surface area contributed by atoms with Crippen LogP contribution in [-0.4, -0.2) is 42.9 Å². The first-order valence-electron chi connectivity index (χ1n) is 7.47. The maximum atomic E-state index is 13.5. The molecule has 1 aliphatic rings. The monoisotopic (exact) mass is 352 g/mol. The Bertz CT molecular complexity index is 480. The lowest BCUT2D eigenvalue weighted by molar-refractivity contribution is -0.187. The van der Waals surface area contributed by atoms with Crippen LogP contribution < -0.4 is 10.1 Å². The fraction of sp³-hybridized carbons (Fsp3) is 0.625. The molecule has 2 rings (SSSR count). The van der Waals surface area contributed by atoms with Crippen LogP contribution in [-0.2, 0) is 0 Å². The van der Waals surface area contributed by atoms with Crippen molar-refractivity contribution in [1.82, 2.24) is 10.2 Å². The first kappa shape index (κ1) is 20.1. The van der Waals surface area contributed by atoms with E-state index < -0.39 is 12.2 Å². The first-order chi connectivity index (χ1) is 10.2. The van der Waals surface area contributed by atoms with Crippen LogP contribution in [0.4, 0.5) is 13.2 Å². The summed E-state index contributed by atoms with van der Waals surface area (Å²) >= 11 is 0. The number of piperazine rings is 1. The summed E-state index contributed by atoms with van der Waals surface area (Å²) < 4.78 is 46.1. The highest BCUT2D eigenvalue weighted by molar-refractivity contribution is 5.85. The molecule has 0 amide bonds. The van der Waals surface area contributed by atoms with Crippen molar-refractivity contribution in [2.24, 2.45) is 0 Å². The van der Waals surface area contributed by atoms with E-state index in [0.717, 1.165) is 0 Å². The molecular formula is C16H24ClF3N2O. The summed E-state index contributed by atoms with van der Waals surface area (Å²) in [4.78, 5) is 1.48. The number of hydrogen-bond acceptors (Lipinski definition) is 3. The molecule has 0 aromatic heterocycles. The highest BCUT2D eigenvalue weighted by Gasteiger charge is 2.44. The van der Waals surface area contributed by atoms with Crippen LogP contribution >= 0.6 is 12.4 Å². The van der Waals surface area contributed by atoms with Crippen molar-refractivity contribution in [3.05, 3.63) is 29.8 Å². The second-order valence-corrected chi connectivity index (χ2v) is 6.51. The molecule has 1 aromatic rings. The average molecular weight is 353 g/mol. The Balaban J connectivity index is 0.00000264. The fourth-order valence-corrected chi connectivity index (χ4v) is 2.62. The standard InChI is InChI=1S/C16H23F3N2O.ClH/c1-15(2,3)22-13-6-4-12(5-7-13)14(16(17,18)19)21-10-8-20-9-11-21;/h4-7,14,20H,8-11H2,1-3H3;1H/t14-;/m0./s1. The van der Waals surface area contributed by atoms with Gasteiger partial charge in [-0.25, -0.2) is 0 Å². The van der Waals surface area contributed by atoms with Crippen molar-refractivity contribution >= 4 is 12.4 Å². The lowest BCUT2D eigenvalue weighted by atomic mass is 10.0. The predicted molar refractivity (Wildman–Crippen MR) is 87.3 cm³/mol. The molecule has 1 N–H and O–H groups in total. The molecule has 7 heteroatoms. The smallest absolute Gasteiger partial charge is 0.408 e. The maximum absolute atomic E-state index is 13.5. The number of nitrogens with one attached hydrogen (secondary N) is 1. The molecule has 132 valence electrons. The Labute approximate surface area is 141 Å². The van der Waals surface area contributed by atoms with E-state index in [9.17, 15) is 13.2 Å². The molecular weight excluding hydrogens is 329 g/mol. The fourth-order valence-electron chi connectivity index (χ4n) is 2.62. The number of alkyl halides is 3. The van der Waals surface area contributed by atoms with Crippen LogP contribution in [0.3, 0.4) is 0 Å². The minimum atomic E-state index is -4.29. The molecule has 0 unspecified atom stereocenters. The number of nitrogens with zero attached hydrogens (tertiary/aromatic N) is 1. The third-order valence-electron chi connectivity index (χ3n) is 3.45. The minimum Gasteiger partial charge on any atom is -0.488 e. The van der Waals surface area contributed by atoms with Gasteiger partial charge in [-0.2, -0.15) is 13.2 Å². The van der Waals surface area contributed by atoms with Crippen molar-refractivity contribution in [1.29, 1.82) is 0 Å². The van der Waals surface area contributed by atoms with Gasteiger partial charge in [-0.05, 0) is 38.5 Å². The zero-order valence-corrected chi connectivity index (χ0v) is 14.4. The average Bonchev–Trinajstić information content (AvgIpc) is 2.39. The number of rotatable bonds is 3. The summed E-state index contributed by atoms with van der Waals surface area (Å²) in [6.45, 7) is 7.66. The van der Waals surface area contributed by atoms with Gasteiger partial charge in [0.1, 0.15) is 17.4 Å². The number of benzene rings is 1. The minimum absolute atomic E-state index is 0. The van der Waals surface area contributed by atoms with Crippen molar-refractivity contribution < 1.29 is 17.9 Å². The summed E-state index contributed by atoms with van der Waals surface area (Å²) in [5.74, 6) is 0.581. The second kappa shape index (κ2) is 7.73. The first-order valence-corrected chi connectivity index (χ1v) is 7.47. The largest absolute Gasteiger partial charge is 0.488 e. The highest BCUT2D eigenvalue weighted by Crippen LogP contribution is 2.38. The van der Waals surface area contributed by atoms with Gasteiger partial charge >= 0.3 is 6.18 Å². The summed E-state index contributed by atoms with van der Waals surface area (Å²) in [7, 11) is 0. The number of ether oxygens (including phenoxy) is 1. The van der Waals surface area contributed by atoms with Gasteiger partial charge in [0.25, 0.3) is 0 Å². The molecule has 1 heterocycles. The van der Waals surface area contributed by atoms with Gasteiger partial charge < -0.3 is 10.1 Å². The topological polar surface area (TPSA) is 24.5 Å². The van der Waals surface area contributed by atoms with Gasteiger partial charge in [-0.1, -0.05) is 12.1 Å². The van der Waals surface area contributed by atoms with Crippen molar-refractivity contribution in [3.63, 3.8) is 0 Å². The summed E-state index contributed by atoms with van der Waals surface area (Å²) in [6, 6.07) is 4.70. The van der Waals surface area contributed by atoms with Crippen LogP contribution in [0.1, 0.15) is 32.4 Å². The van der Waals surface area contributed by atoms with E-state index in [2.05, 4.69) is 5.32 Å². The van der Waals surface area contributed by atoms with E-state index in [0.29, 0.717) is 31.9 Å². The molecule has 23 heavy (non-hydrogen) atoms. The second-order valence-electron chi connectivity index (χ2n) is 6.51. The van der Waals surface area contributed by atoms with Crippen LogP contribution in [0.5, 0.6) is 5.75 Å². The summed E-state index contributed by atoms with van der Waals surface area (Å²) in [5, 5.41) is 3.08. The van der Waals surface area contributed by atoms with Crippen molar-refractivity contribution in [2.75, 3.05) is 26.2 Å². The van der Waals surface area contributed by atoms with Gasteiger partial charge in [0, 0.05) is 26.2 Å². The molecule has 1 atom stereocenters. The van der Waals surface area contributed by atoms with Crippen LogP contribution in [0.2, 0.25) is 0 Å². The molecule has 0 radical (unpaired) electrons. The third-order valence-corrected chi connectivity index (χ3v) is 3.45. The van der Waals surface area contributed by atoms with Gasteiger partial charge in [-0.3, -0.25) is 4.90 Å². The Morgan fingerprint density at radius 1 is 1.04 bits per heavy atom. The Kier molecular flexibility index (Phi) is 6.74. The lowest BCUT2D eigenvalue weighted by Crippen LogP contribution is -2.49. The van der Waals surface area contributed by atoms with Crippen LogP contribution in [0.25, 0.3) is 0 Å². The Morgan fingerprint density at radius 2 is 1.57 bits per heavy atom. The van der Waals surface area contributed by atoms with E-state index in [1.165, 1.54) is 17.0 Å². The van der Waals surface area contributed by atoms with E-state index in [4.69, 9.17) is 4.74 Å². The molecule has 0 spiro atoms. The quantitative estimate of drug-likeness (QED) is 0.895.